The first kappa shape index (κ1) is 17.9. The minimum Gasteiger partial charge on any atom is -0.340 e. The van der Waals surface area contributed by atoms with E-state index < -0.39 is 16.1 Å². The first-order chi connectivity index (χ1) is 11.9. The topological polar surface area (TPSA) is 57.7 Å². The third-order valence-electron chi connectivity index (χ3n) is 4.83. The summed E-state index contributed by atoms with van der Waals surface area (Å²) >= 11 is 0. The summed E-state index contributed by atoms with van der Waals surface area (Å²) in [7, 11) is -1.63. The number of sulfonamides is 1. The predicted octanol–water partition coefficient (Wildman–Crippen LogP) is 2.61. The zero-order chi connectivity index (χ0) is 18.0. The van der Waals surface area contributed by atoms with Crippen LogP contribution in [-0.4, -0.2) is 49.4 Å². The van der Waals surface area contributed by atoms with E-state index in [0.29, 0.717) is 19.5 Å². The summed E-state index contributed by atoms with van der Waals surface area (Å²) in [5.41, 5.74) is 1.07. The number of likely N-dealkylation sites (N-methyl/N-ethyl adjacent to an activating group) is 1. The Morgan fingerprint density at radius 2 is 1.88 bits per heavy atom. The minimum atomic E-state index is -3.38. The van der Waals surface area contributed by atoms with Crippen molar-refractivity contribution in [3.63, 3.8) is 0 Å². The average molecular weight is 360 g/mol. The molecule has 0 bridgehead atoms. The number of nitrogens with zero attached hydrogens (tertiary/aromatic N) is 2. The monoisotopic (exact) mass is 360 g/mol. The lowest BCUT2D eigenvalue weighted by Crippen LogP contribution is -2.51. The molecule has 1 aliphatic rings. The Kier molecular flexibility index (Phi) is 5.11. The standard InChI is InChI=1S/C19H24N2O3S/c1-20(14-16-10-7-9-15-8-3-4-11-17(15)16)19(22)18-12-5-6-13-21(18)25(2,23)24/h3-4,7-11,18H,5-6,12-14H2,1-2H3. The molecule has 25 heavy (non-hydrogen) atoms. The number of carbonyl (C=O) groups excluding carboxylic acids is 1. The van der Waals surface area contributed by atoms with E-state index in [1.807, 2.05) is 42.5 Å². The zero-order valence-electron chi connectivity index (χ0n) is 14.7. The average Bonchev–Trinajstić information content (AvgIpc) is 2.60. The predicted molar refractivity (Wildman–Crippen MR) is 99.6 cm³/mol. The Bertz CT molecular complexity index is 874. The van der Waals surface area contributed by atoms with E-state index in [4.69, 9.17) is 0 Å². The second-order valence-electron chi connectivity index (χ2n) is 6.72. The Morgan fingerprint density at radius 3 is 2.64 bits per heavy atom. The maximum Gasteiger partial charge on any atom is 0.241 e. The Hall–Kier alpha value is -1.92. The van der Waals surface area contributed by atoms with E-state index in [0.717, 1.165) is 29.2 Å². The van der Waals surface area contributed by atoms with Crippen LogP contribution in [0.15, 0.2) is 42.5 Å². The summed E-state index contributed by atoms with van der Waals surface area (Å²) in [4.78, 5) is 14.6. The molecule has 3 rings (SSSR count). The number of hydrogen-bond donors (Lipinski definition) is 0. The molecule has 6 heteroatoms. The van der Waals surface area contributed by atoms with Crippen molar-refractivity contribution in [3.8, 4) is 0 Å². The first-order valence-electron chi connectivity index (χ1n) is 8.56. The number of amides is 1. The maximum atomic E-state index is 12.9. The van der Waals surface area contributed by atoms with Gasteiger partial charge in [-0.05, 0) is 29.2 Å². The van der Waals surface area contributed by atoms with E-state index in [1.54, 1.807) is 11.9 Å². The molecule has 1 aliphatic heterocycles. The van der Waals surface area contributed by atoms with Gasteiger partial charge in [0.25, 0.3) is 0 Å². The highest BCUT2D eigenvalue weighted by Crippen LogP contribution is 2.24. The molecule has 2 aromatic carbocycles. The van der Waals surface area contributed by atoms with Gasteiger partial charge in [0.15, 0.2) is 0 Å². The molecule has 0 radical (unpaired) electrons. The lowest BCUT2D eigenvalue weighted by Gasteiger charge is -2.35. The third kappa shape index (κ3) is 3.85. The Labute approximate surface area is 149 Å². The normalized spacial score (nSPS) is 19.0. The molecule has 0 saturated carbocycles. The number of fused-ring (bicyclic) bond motifs is 1. The largest absolute Gasteiger partial charge is 0.340 e. The fourth-order valence-corrected chi connectivity index (χ4v) is 4.69. The molecule has 1 saturated heterocycles. The van der Waals surface area contributed by atoms with Crippen LogP contribution in [0.2, 0.25) is 0 Å². The Morgan fingerprint density at radius 1 is 1.16 bits per heavy atom. The second-order valence-corrected chi connectivity index (χ2v) is 8.65. The summed E-state index contributed by atoms with van der Waals surface area (Å²) in [5.74, 6) is -0.127. The van der Waals surface area contributed by atoms with Gasteiger partial charge in [-0.15, -0.1) is 0 Å². The van der Waals surface area contributed by atoms with Crippen LogP contribution in [0.4, 0.5) is 0 Å². The number of rotatable bonds is 4. The van der Waals surface area contributed by atoms with Gasteiger partial charge >= 0.3 is 0 Å². The summed E-state index contributed by atoms with van der Waals surface area (Å²) in [6.45, 7) is 0.894. The van der Waals surface area contributed by atoms with E-state index in [-0.39, 0.29) is 5.91 Å². The van der Waals surface area contributed by atoms with E-state index in [1.165, 1.54) is 10.6 Å². The molecule has 5 nitrogen and oxygen atoms in total. The van der Waals surface area contributed by atoms with Crippen LogP contribution in [0, 0.1) is 0 Å². The van der Waals surface area contributed by atoms with Gasteiger partial charge in [-0.1, -0.05) is 48.9 Å². The highest BCUT2D eigenvalue weighted by molar-refractivity contribution is 7.88. The number of benzene rings is 2. The molecule has 0 aliphatic carbocycles. The molecule has 1 fully saturated rings. The third-order valence-corrected chi connectivity index (χ3v) is 6.12. The molecule has 0 N–H and O–H groups in total. The molecule has 1 atom stereocenters. The second kappa shape index (κ2) is 7.14. The molecule has 134 valence electrons. The summed E-state index contributed by atoms with van der Waals surface area (Å²) < 4.78 is 25.4. The van der Waals surface area contributed by atoms with Crippen LogP contribution in [-0.2, 0) is 21.4 Å². The van der Waals surface area contributed by atoms with E-state index in [9.17, 15) is 13.2 Å². The molecule has 0 aromatic heterocycles. The van der Waals surface area contributed by atoms with Gasteiger partial charge in [-0.25, -0.2) is 8.42 Å². The van der Waals surface area contributed by atoms with Crippen LogP contribution in [0.5, 0.6) is 0 Å². The van der Waals surface area contributed by atoms with Gasteiger partial charge < -0.3 is 4.90 Å². The number of piperidine rings is 1. The summed E-state index contributed by atoms with van der Waals surface area (Å²) in [6.07, 6.45) is 3.46. The van der Waals surface area contributed by atoms with Crippen molar-refractivity contribution in [1.29, 1.82) is 0 Å². The van der Waals surface area contributed by atoms with Crippen molar-refractivity contribution >= 4 is 26.7 Å². The van der Waals surface area contributed by atoms with Crippen molar-refractivity contribution in [2.24, 2.45) is 0 Å². The minimum absolute atomic E-state index is 0.127. The van der Waals surface area contributed by atoms with Crippen LogP contribution in [0.25, 0.3) is 10.8 Å². The van der Waals surface area contributed by atoms with E-state index >= 15 is 0 Å². The Balaban J connectivity index is 1.82. The van der Waals surface area contributed by atoms with Crippen molar-refractivity contribution in [1.82, 2.24) is 9.21 Å². The maximum absolute atomic E-state index is 12.9. The highest BCUT2D eigenvalue weighted by atomic mass is 32.2. The van der Waals surface area contributed by atoms with Crippen molar-refractivity contribution < 1.29 is 13.2 Å². The van der Waals surface area contributed by atoms with Gasteiger partial charge in [0, 0.05) is 20.1 Å². The number of carbonyl (C=O) groups is 1. The lowest BCUT2D eigenvalue weighted by atomic mass is 10.0. The SMILES string of the molecule is CN(Cc1cccc2ccccc12)C(=O)C1CCCCN1S(C)(=O)=O. The van der Waals surface area contributed by atoms with Gasteiger partial charge in [0.1, 0.15) is 6.04 Å². The molecule has 2 aromatic rings. The molecule has 1 amide bonds. The van der Waals surface area contributed by atoms with Crippen LogP contribution in [0.1, 0.15) is 24.8 Å². The van der Waals surface area contributed by atoms with Crippen LogP contribution >= 0.6 is 0 Å². The van der Waals surface area contributed by atoms with Crippen molar-refractivity contribution in [2.45, 2.75) is 31.8 Å². The van der Waals surface area contributed by atoms with Gasteiger partial charge in [-0.3, -0.25) is 4.79 Å². The van der Waals surface area contributed by atoms with Crippen molar-refractivity contribution in [3.05, 3.63) is 48.0 Å². The molecular weight excluding hydrogens is 336 g/mol. The van der Waals surface area contributed by atoms with Crippen LogP contribution < -0.4 is 0 Å². The fourth-order valence-electron chi connectivity index (χ4n) is 3.57. The first-order valence-corrected chi connectivity index (χ1v) is 10.4. The quantitative estimate of drug-likeness (QED) is 0.842. The molecule has 1 heterocycles. The summed E-state index contributed by atoms with van der Waals surface area (Å²) in [5, 5.41) is 2.25. The van der Waals surface area contributed by atoms with Gasteiger partial charge in [0.05, 0.1) is 6.26 Å². The number of hydrogen-bond acceptors (Lipinski definition) is 3. The summed E-state index contributed by atoms with van der Waals surface area (Å²) in [6, 6.07) is 13.5. The lowest BCUT2D eigenvalue weighted by molar-refractivity contribution is -0.135. The van der Waals surface area contributed by atoms with E-state index in [2.05, 4.69) is 0 Å². The highest BCUT2D eigenvalue weighted by Gasteiger charge is 2.35. The fraction of sp³-hybridized carbons (Fsp3) is 0.421. The molecule has 0 spiro atoms. The van der Waals surface area contributed by atoms with Crippen molar-refractivity contribution in [2.75, 3.05) is 19.8 Å². The van der Waals surface area contributed by atoms with Gasteiger partial charge in [0.2, 0.25) is 15.9 Å². The zero-order valence-corrected chi connectivity index (χ0v) is 15.5. The smallest absolute Gasteiger partial charge is 0.241 e. The van der Waals surface area contributed by atoms with Crippen LogP contribution in [0.3, 0.4) is 0 Å². The molecule has 1 unspecified atom stereocenters. The molecular formula is C19H24N2O3S. The van der Waals surface area contributed by atoms with Gasteiger partial charge in [-0.2, -0.15) is 4.31 Å².